The van der Waals surface area contributed by atoms with Crippen LogP contribution in [0.3, 0.4) is 0 Å². The molecule has 0 spiro atoms. The maximum Gasteiger partial charge on any atom is 0.253 e. The zero-order chi connectivity index (χ0) is 13.0. The van der Waals surface area contributed by atoms with E-state index >= 15 is 0 Å². The van der Waals surface area contributed by atoms with Gasteiger partial charge in [0.05, 0.1) is 12.8 Å². The van der Waals surface area contributed by atoms with E-state index in [1.807, 2.05) is 0 Å². The molecule has 0 aliphatic heterocycles. The van der Waals surface area contributed by atoms with Gasteiger partial charge in [0.2, 0.25) is 0 Å². The van der Waals surface area contributed by atoms with Gasteiger partial charge in [-0.2, -0.15) is 0 Å². The number of aliphatic hydroxyl groups is 1. The summed E-state index contributed by atoms with van der Waals surface area (Å²) in [6.45, 7) is 0.848. The van der Waals surface area contributed by atoms with Crippen LogP contribution in [0.15, 0.2) is 32.4 Å². The molecule has 1 aromatic carbocycles. The average Bonchev–Trinajstić information content (AvgIpc) is 2.89. The first-order valence-corrected chi connectivity index (χ1v) is 5.68. The molecule has 0 aliphatic rings. The summed E-state index contributed by atoms with van der Waals surface area (Å²) in [4.78, 5) is 22.7. The molecule has 0 amide bonds. The van der Waals surface area contributed by atoms with E-state index in [1.54, 1.807) is 18.4 Å². The van der Waals surface area contributed by atoms with E-state index in [1.165, 1.54) is 0 Å². The Bertz CT molecular complexity index is 567. The van der Waals surface area contributed by atoms with Gasteiger partial charge in [0.1, 0.15) is 17.1 Å². The average molecular weight is 250 g/mol. The molecule has 0 bridgehead atoms. The number of nitrogens with one attached hydrogen (secondary N) is 2. The smallest absolute Gasteiger partial charge is 0.253 e. The van der Waals surface area contributed by atoms with Crippen molar-refractivity contribution in [3.05, 3.63) is 44.6 Å². The van der Waals surface area contributed by atoms with E-state index in [0.29, 0.717) is 31.0 Å². The SMILES string of the molecule is O=c1c(NCCCO)c(NCc2ccco2)c1=O. The lowest BCUT2D eigenvalue weighted by Gasteiger charge is -2.13. The first kappa shape index (κ1) is 12.4. The highest BCUT2D eigenvalue weighted by Gasteiger charge is 2.20. The quantitative estimate of drug-likeness (QED) is 0.483. The molecule has 6 nitrogen and oxygen atoms in total. The van der Waals surface area contributed by atoms with Gasteiger partial charge in [-0.15, -0.1) is 0 Å². The molecule has 0 fully saturated rings. The molecular weight excluding hydrogens is 236 g/mol. The van der Waals surface area contributed by atoms with Crippen LogP contribution < -0.4 is 21.5 Å². The zero-order valence-corrected chi connectivity index (χ0v) is 9.73. The zero-order valence-electron chi connectivity index (χ0n) is 9.73. The molecule has 0 aliphatic carbocycles. The summed E-state index contributed by atoms with van der Waals surface area (Å²) in [5.41, 5.74) is -0.461. The maximum absolute atomic E-state index is 11.4. The Morgan fingerprint density at radius 3 is 2.50 bits per heavy atom. The minimum absolute atomic E-state index is 0.0393. The summed E-state index contributed by atoms with van der Waals surface area (Å²) in [6, 6.07) is 3.52. The predicted octanol–water partition coefficient (Wildman–Crippen LogP) is 0.282. The van der Waals surface area contributed by atoms with Crippen LogP contribution >= 0.6 is 0 Å². The summed E-state index contributed by atoms with van der Waals surface area (Å²) in [7, 11) is 0. The van der Waals surface area contributed by atoms with Crippen LogP contribution in [0.25, 0.3) is 0 Å². The van der Waals surface area contributed by atoms with Gasteiger partial charge < -0.3 is 20.2 Å². The fourth-order valence-electron chi connectivity index (χ4n) is 1.61. The Morgan fingerprint density at radius 2 is 1.89 bits per heavy atom. The van der Waals surface area contributed by atoms with Gasteiger partial charge in [0.15, 0.2) is 0 Å². The van der Waals surface area contributed by atoms with Crippen molar-refractivity contribution >= 4 is 11.4 Å². The largest absolute Gasteiger partial charge is 0.467 e. The summed E-state index contributed by atoms with van der Waals surface area (Å²) < 4.78 is 5.11. The van der Waals surface area contributed by atoms with Crippen molar-refractivity contribution in [2.45, 2.75) is 13.0 Å². The monoisotopic (exact) mass is 250 g/mol. The molecule has 2 rings (SSSR count). The molecule has 0 saturated carbocycles. The van der Waals surface area contributed by atoms with Crippen LogP contribution in [0.2, 0.25) is 0 Å². The highest BCUT2D eigenvalue weighted by atomic mass is 16.3. The van der Waals surface area contributed by atoms with Crippen molar-refractivity contribution in [3.8, 4) is 0 Å². The molecule has 0 atom stereocenters. The second-order valence-electron chi connectivity index (χ2n) is 3.85. The number of furan rings is 1. The first-order chi connectivity index (χ1) is 8.74. The van der Waals surface area contributed by atoms with Gasteiger partial charge in [-0.05, 0) is 18.6 Å². The predicted molar refractivity (Wildman–Crippen MR) is 67.6 cm³/mol. The maximum atomic E-state index is 11.4. The van der Waals surface area contributed by atoms with Gasteiger partial charge >= 0.3 is 0 Å². The van der Waals surface area contributed by atoms with Gasteiger partial charge in [-0.25, -0.2) is 0 Å². The number of rotatable bonds is 7. The standard InChI is InChI=1S/C12H14N2O4/c15-5-2-4-13-9-10(12(17)11(9)16)14-7-8-3-1-6-18-8/h1,3,6,13-15H,2,4-5,7H2. The van der Waals surface area contributed by atoms with Gasteiger partial charge in [0, 0.05) is 13.2 Å². The minimum Gasteiger partial charge on any atom is -0.467 e. The second kappa shape index (κ2) is 5.50. The molecule has 96 valence electrons. The van der Waals surface area contributed by atoms with Gasteiger partial charge in [0.25, 0.3) is 10.9 Å². The number of anilines is 2. The Labute approximate surface area is 103 Å². The van der Waals surface area contributed by atoms with Crippen molar-refractivity contribution in [1.82, 2.24) is 0 Å². The molecule has 0 radical (unpaired) electrons. The summed E-state index contributed by atoms with van der Waals surface area (Å²) >= 11 is 0. The number of hydrogen-bond acceptors (Lipinski definition) is 6. The fourth-order valence-corrected chi connectivity index (χ4v) is 1.61. The van der Waals surface area contributed by atoms with Crippen LogP contribution in [-0.2, 0) is 6.54 Å². The molecule has 1 aromatic heterocycles. The lowest BCUT2D eigenvalue weighted by atomic mass is 10.2. The fraction of sp³-hybridized carbons (Fsp3) is 0.333. The van der Waals surface area contributed by atoms with E-state index in [4.69, 9.17) is 9.52 Å². The molecule has 2 aromatic rings. The Morgan fingerprint density at radius 1 is 1.17 bits per heavy atom. The number of hydrogen-bond donors (Lipinski definition) is 3. The molecule has 18 heavy (non-hydrogen) atoms. The van der Waals surface area contributed by atoms with Crippen molar-refractivity contribution < 1.29 is 9.52 Å². The molecule has 0 saturated heterocycles. The summed E-state index contributed by atoms with van der Waals surface area (Å²) in [5.74, 6) is 0.685. The third-order valence-corrected chi connectivity index (χ3v) is 2.57. The van der Waals surface area contributed by atoms with Gasteiger partial charge in [-0.1, -0.05) is 0 Å². The second-order valence-corrected chi connectivity index (χ2v) is 3.85. The first-order valence-electron chi connectivity index (χ1n) is 5.68. The van der Waals surface area contributed by atoms with Crippen LogP contribution in [0.4, 0.5) is 11.4 Å². The summed E-state index contributed by atoms with van der Waals surface area (Å²) in [6.07, 6.45) is 2.07. The van der Waals surface area contributed by atoms with Crippen molar-refractivity contribution in [3.63, 3.8) is 0 Å². The number of aliphatic hydroxyl groups excluding tert-OH is 1. The Hall–Kier alpha value is -2.08. The van der Waals surface area contributed by atoms with Crippen molar-refractivity contribution in [1.29, 1.82) is 0 Å². The molecule has 3 N–H and O–H groups in total. The van der Waals surface area contributed by atoms with E-state index < -0.39 is 10.9 Å². The molecule has 0 unspecified atom stereocenters. The highest BCUT2D eigenvalue weighted by Crippen LogP contribution is 2.15. The topological polar surface area (TPSA) is 91.6 Å². The lowest BCUT2D eigenvalue weighted by Crippen LogP contribution is -2.37. The van der Waals surface area contributed by atoms with E-state index in [9.17, 15) is 9.59 Å². The van der Waals surface area contributed by atoms with Crippen molar-refractivity contribution in [2.24, 2.45) is 0 Å². The van der Waals surface area contributed by atoms with E-state index in [0.717, 1.165) is 0 Å². The van der Waals surface area contributed by atoms with E-state index in [-0.39, 0.29) is 12.3 Å². The third kappa shape index (κ3) is 2.43. The molecular formula is C12H14N2O4. The Kier molecular flexibility index (Phi) is 3.78. The highest BCUT2D eigenvalue weighted by molar-refractivity contribution is 5.73. The third-order valence-electron chi connectivity index (χ3n) is 2.57. The lowest BCUT2D eigenvalue weighted by molar-refractivity contribution is 0.292. The van der Waals surface area contributed by atoms with Crippen LogP contribution in [0.5, 0.6) is 0 Å². The Balaban J connectivity index is 1.97. The van der Waals surface area contributed by atoms with Crippen LogP contribution in [-0.4, -0.2) is 18.3 Å². The van der Waals surface area contributed by atoms with Crippen molar-refractivity contribution in [2.75, 3.05) is 23.8 Å². The molecule has 6 heteroatoms. The minimum atomic E-state index is -0.520. The van der Waals surface area contributed by atoms with E-state index in [2.05, 4.69) is 10.6 Å². The van der Waals surface area contributed by atoms with Gasteiger partial charge in [-0.3, -0.25) is 9.59 Å². The summed E-state index contributed by atoms with van der Waals surface area (Å²) in [5, 5.41) is 14.4. The molecule has 1 heterocycles. The van der Waals surface area contributed by atoms with Crippen LogP contribution in [0.1, 0.15) is 12.2 Å². The van der Waals surface area contributed by atoms with Crippen LogP contribution in [0, 0.1) is 0 Å². The normalized spacial score (nSPS) is 10.7.